The topological polar surface area (TPSA) is 88.1 Å². The largest absolute Gasteiger partial charge is 0.490 e. The summed E-state index contributed by atoms with van der Waals surface area (Å²) in [6.45, 7) is 5.32. The van der Waals surface area contributed by atoms with Crippen LogP contribution in [0.5, 0.6) is 0 Å². The molecule has 0 aromatic carbocycles. The summed E-state index contributed by atoms with van der Waals surface area (Å²) in [5.41, 5.74) is 0.767. The number of halogens is 3. The number of carboxylic acid groups (broad SMARTS) is 1. The molecule has 3 aliphatic rings. The standard InChI is InChI=1S/C16H22N2O3S.C2HF3O2/c19-16(12-2-4-22-10-12)17-14-6-18(5-11-1-3-20-7-11)15-9-21-8-13(14)15;3-2(4,5)1(6)7/h2,4,10-11,13-15H,1,3,5-9H2,(H,17,19);(H,6,7)/t11?,13-,14-,15-;/m1./s1. The maximum absolute atomic E-state index is 12.3. The first-order valence-electron chi connectivity index (χ1n) is 9.28. The van der Waals surface area contributed by atoms with E-state index in [9.17, 15) is 18.0 Å². The Balaban J connectivity index is 0.000000298. The molecular weight excluding hydrogens is 413 g/mol. The van der Waals surface area contributed by atoms with E-state index in [-0.39, 0.29) is 11.9 Å². The number of fused-ring (bicyclic) bond motifs is 1. The predicted molar refractivity (Wildman–Crippen MR) is 97.9 cm³/mol. The van der Waals surface area contributed by atoms with E-state index in [1.807, 2.05) is 16.8 Å². The number of nitrogens with one attached hydrogen (secondary N) is 1. The Bertz CT molecular complexity index is 694. The van der Waals surface area contributed by atoms with Crippen molar-refractivity contribution in [3.63, 3.8) is 0 Å². The first kappa shape index (κ1) is 22.0. The predicted octanol–water partition coefficient (Wildman–Crippen LogP) is 1.85. The van der Waals surface area contributed by atoms with E-state index in [1.165, 1.54) is 0 Å². The highest BCUT2D eigenvalue weighted by Gasteiger charge is 2.46. The van der Waals surface area contributed by atoms with Crippen molar-refractivity contribution >= 4 is 23.2 Å². The monoisotopic (exact) mass is 436 g/mol. The van der Waals surface area contributed by atoms with Crippen LogP contribution in [0.15, 0.2) is 16.8 Å². The van der Waals surface area contributed by atoms with Crippen molar-refractivity contribution in [3.05, 3.63) is 22.4 Å². The van der Waals surface area contributed by atoms with Crippen molar-refractivity contribution in [1.82, 2.24) is 10.2 Å². The van der Waals surface area contributed by atoms with Crippen molar-refractivity contribution in [2.75, 3.05) is 39.5 Å². The summed E-state index contributed by atoms with van der Waals surface area (Å²) in [6, 6.07) is 2.53. The fourth-order valence-electron chi connectivity index (χ4n) is 3.91. The second kappa shape index (κ2) is 9.41. The number of alkyl halides is 3. The molecule has 3 fully saturated rings. The van der Waals surface area contributed by atoms with Crippen LogP contribution in [0.25, 0.3) is 0 Å². The van der Waals surface area contributed by atoms with Gasteiger partial charge in [0.2, 0.25) is 0 Å². The second-order valence-corrected chi connectivity index (χ2v) is 8.13. The average Bonchev–Trinajstić information content (AvgIpc) is 3.43. The normalized spacial score (nSPS) is 29.2. The van der Waals surface area contributed by atoms with Gasteiger partial charge in [0, 0.05) is 48.6 Å². The van der Waals surface area contributed by atoms with Gasteiger partial charge in [0.25, 0.3) is 5.91 Å². The van der Waals surface area contributed by atoms with Crippen molar-refractivity contribution in [3.8, 4) is 0 Å². The van der Waals surface area contributed by atoms with Gasteiger partial charge in [-0.1, -0.05) is 0 Å². The quantitative estimate of drug-likeness (QED) is 0.749. The molecule has 3 aliphatic heterocycles. The van der Waals surface area contributed by atoms with Gasteiger partial charge >= 0.3 is 12.1 Å². The lowest BCUT2D eigenvalue weighted by molar-refractivity contribution is -0.192. The summed E-state index contributed by atoms with van der Waals surface area (Å²) < 4.78 is 42.9. The van der Waals surface area contributed by atoms with Crippen molar-refractivity contribution < 1.29 is 37.3 Å². The third kappa shape index (κ3) is 5.68. The summed E-state index contributed by atoms with van der Waals surface area (Å²) in [4.78, 5) is 23.7. The fourth-order valence-corrected chi connectivity index (χ4v) is 4.55. The van der Waals surface area contributed by atoms with E-state index in [1.54, 1.807) is 11.3 Å². The molecule has 1 aromatic heterocycles. The van der Waals surface area contributed by atoms with Crippen LogP contribution in [-0.4, -0.2) is 79.7 Å². The number of thiophene rings is 1. The lowest BCUT2D eigenvalue weighted by atomic mass is 9.99. The summed E-state index contributed by atoms with van der Waals surface area (Å²) in [5.74, 6) is -1.66. The van der Waals surface area contributed by atoms with Gasteiger partial charge < -0.3 is 19.9 Å². The molecule has 0 saturated carbocycles. The van der Waals surface area contributed by atoms with Gasteiger partial charge in [0.1, 0.15) is 0 Å². The maximum Gasteiger partial charge on any atom is 0.490 e. The van der Waals surface area contributed by atoms with Crippen LogP contribution in [-0.2, 0) is 14.3 Å². The van der Waals surface area contributed by atoms with Gasteiger partial charge in [-0.05, 0) is 23.8 Å². The Kier molecular flexibility index (Phi) is 7.14. The second-order valence-electron chi connectivity index (χ2n) is 7.35. The number of likely N-dealkylation sites (tertiary alicyclic amines) is 1. The highest BCUT2D eigenvalue weighted by atomic mass is 32.1. The van der Waals surface area contributed by atoms with Gasteiger partial charge in [-0.25, -0.2) is 4.79 Å². The molecule has 4 atom stereocenters. The van der Waals surface area contributed by atoms with Gasteiger partial charge in [-0.15, -0.1) is 0 Å². The Morgan fingerprint density at radius 1 is 1.28 bits per heavy atom. The highest BCUT2D eigenvalue weighted by Crippen LogP contribution is 2.32. The van der Waals surface area contributed by atoms with Gasteiger partial charge in [-0.3, -0.25) is 9.69 Å². The minimum absolute atomic E-state index is 0.0444. The summed E-state index contributed by atoms with van der Waals surface area (Å²) in [7, 11) is 0. The van der Waals surface area contributed by atoms with Crippen molar-refractivity contribution in [1.29, 1.82) is 0 Å². The first-order chi connectivity index (χ1) is 13.8. The third-order valence-electron chi connectivity index (χ3n) is 5.37. The average molecular weight is 436 g/mol. The Morgan fingerprint density at radius 3 is 2.62 bits per heavy atom. The number of carbonyl (C=O) groups excluding carboxylic acids is 1. The van der Waals surface area contributed by atoms with E-state index in [0.717, 1.165) is 51.5 Å². The van der Waals surface area contributed by atoms with Crippen LogP contribution in [0.2, 0.25) is 0 Å². The first-order valence-corrected chi connectivity index (χ1v) is 10.2. The number of rotatable bonds is 4. The van der Waals surface area contributed by atoms with Crippen LogP contribution >= 0.6 is 11.3 Å². The number of aliphatic carboxylic acids is 1. The molecule has 0 radical (unpaired) electrons. The number of carboxylic acids is 1. The lowest BCUT2D eigenvalue weighted by Gasteiger charge is -2.24. The van der Waals surface area contributed by atoms with Gasteiger partial charge in [0.15, 0.2) is 0 Å². The minimum atomic E-state index is -5.08. The van der Waals surface area contributed by atoms with E-state index >= 15 is 0 Å². The van der Waals surface area contributed by atoms with Crippen LogP contribution < -0.4 is 5.32 Å². The molecule has 1 unspecified atom stereocenters. The van der Waals surface area contributed by atoms with Crippen LogP contribution in [0.4, 0.5) is 13.2 Å². The van der Waals surface area contributed by atoms with E-state index in [2.05, 4.69) is 10.2 Å². The molecule has 4 rings (SSSR count). The molecule has 0 bridgehead atoms. The number of hydrogen-bond donors (Lipinski definition) is 2. The summed E-state index contributed by atoms with van der Waals surface area (Å²) >= 11 is 1.56. The number of ether oxygens (including phenoxy) is 2. The molecule has 11 heteroatoms. The van der Waals surface area contributed by atoms with E-state index in [4.69, 9.17) is 19.4 Å². The zero-order valence-electron chi connectivity index (χ0n) is 15.6. The zero-order chi connectivity index (χ0) is 21.0. The lowest BCUT2D eigenvalue weighted by Crippen LogP contribution is -2.41. The van der Waals surface area contributed by atoms with Crippen molar-refractivity contribution in [2.45, 2.75) is 24.7 Å². The maximum atomic E-state index is 12.3. The number of nitrogens with zero attached hydrogens (tertiary/aromatic N) is 1. The molecule has 4 heterocycles. The third-order valence-corrected chi connectivity index (χ3v) is 6.05. The Morgan fingerprint density at radius 2 is 2.03 bits per heavy atom. The Labute approximate surface area is 169 Å². The van der Waals surface area contributed by atoms with Crippen LogP contribution in [0.1, 0.15) is 16.8 Å². The van der Waals surface area contributed by atoms with Gasteiger partial charge in [-0.2, -0.15) is 24.5 Å². The molecule has 1 amide bonds. The molecule has 0 spiro atoms. The molecule has 7 nitrogen and oxygen atoms in total. The molecule has 0 aliphatic carbocycles. The van der Waals surface area contributed by atoms with E-state index < -0.39 is 12.1 Å². The molecule has 29 heavy (non-hydrogen) atoms. The summed E-state index contributed by atoms with van der Waals surface area (Å²) in [6.07, 6.45) is -3.93. The molecule has 3 saturated heterocycles. The number of carbonyl (C=O) groups is 2. The van der Waals surface area contributed by atoms with E-state index in [0.29, 0.717) is 17.9 Å². The summed E-state index contributed by atoms with van der Waals surface area (Å²) in [5, 5.41) is 14.2. The van der Waals surface area contributed by atoms with Crippen molar-refractivity contribution in [2.24, 2.45) is 11.8 Å². The number of amides is 1. The molecule has 2 N–H and O–H groups in total. The van der Waals surface area contributed by atoms with Crippen LogP contribution in [0.3, 0.4) is 0 Å². The molecule has 1 aromatic rings. The fraction of sp³-hybridized carbons (Fsp3) is 0.667. The number of hydrogen-bond acceptors (Lipinski definition) is 6. The van der Waals surface area contributed by atoms with Crippen LogP contribution in [0, 0.1) is 11.8 Å². The Hall–Kier alpha value is -1.69. The zero-order valence-corrected chi connectivity index (χ0v) is 16.4. The SMILES string of the molecule is O=C(N[C@@H]1CN(CC2CCOC2)[C@@H]2COC[C@@H]21)c1ccsc1.O=C(O)C(F)(F)F. The smallest absolute Gasteiger partial charge is 0.475 e. The molecule has 162 valence electrons. The van der Waals surface area contributed by atoms with Gasteiger partial charge in [0.05, 0.1) is 19.8 Å². The highest BCUT2D eigenvalue weighted by molar-refractivity contribution is 7.08. The minimum Gasteiger partial charge on any atom is -0.475 e. The molecular formula is C18H23F3N2O5S.